The summed E-state index contributed by atoms with van der Waals surface area (Å²) < 4.78 is 6.86. The molecule has 164 valence electrons. The minimum Gasteiger partial charge on any atom is -0.497 e. The van der Waals surface area contributed by atoms with E-state index >= 15 is 0 Å². The average molecular weight is 431 g/mol. The summed E-state index contributed by atoms with van der Waals surface area (Å²) in [6, 6.07) is 17.4. The lowest BCUT2D eigenvalue weighted by Crippen LogP contribution is -2.31. The Bertz CT molecular complexity index is 1250. The molecule has 0 unspecified atom stereocenters. The Morgan fingerprint density at radius 2 is 1.62 bits per heavy atom. The van der Waals surface area contributed by atoms with Crippen LogP contribution in [0.1, 0.15) is 27.6 Å². The molecule has 4 aromatic rings. The molecule has 0 atom stereocenters. The Labute approximate surface area is 187 Å². The fourth-order valence-electron chi connectivity index (χ4n) is 3.50. The number of rotatable bonds is 6. The normalized spacial score (nSPS) is 10.9. The summed E-state index contributed by atoms with van der Waals surface area (Å²) in [7, 11) is 5.60. The number of anilines is 2. The Morgan fingerprint density at radius 1 is 0.969 bits per heavy atom. The van der Waals surface area contributed by atoms with E-state index in [9.17, 15) is 4.79 Å². The maximum Gasteiger partial charge on any atom is 0.298 e. The number of methoxy groups -OCH3 is 1. The summed E-state index contributed by atoms with van der Waals surface area (Å²) in [5.41, 5.74) is 4.51. The molecule has 0 spiro atoms. The largest absolute Gasteiger partial charge is 0.497 e. The first-order valence-corrected chi connectivity index (χ1v) is 10.3. The fraction of sp³-hybridized carbons (Fsp3) is 0.250. The van der Waals surface area contributed by atoms with Gasteiger partial charge in [-0.3, -0.25) is 4.79 Å². The molecule has 4 rings (SSSR count). The second kappa shape index (κ2) is 8.66. The van der Waals surface area contributed by atoms with Gasteiger partial charge in [0.15, 0.2) is 0 Å². The highest BCUT2D eigenvalue weighted by molar-refractivity contribution is 6.03. The maximum absolute atomic E-state index is 13.6. The lowest BCUT2D eigenvalue weighted by molar-refractivity contribution is 0.0975. The van der Waals surface area contributed by atoms with Gasteiger partial charge < -0.3 is 14.5 Å². The highest BCUT2D eigenvalue weighted by Gasteiger charge is 2.23. The second-order valence-electron chi connectivity index (χ2n) is 7.84. The molecule has 0 saturated heterocycles. The van der Waals surface area contributed by atoms with E-state index in [1.807, 2.05) is 87.4 Å². The van der Waals surface area contributed by atoms with E-state index in [0.29, 0.717) is 12.3 Å². The van der Waals surface area contributed by atoms with E-state index in [1.54, 1.807) is 16.5 Å². The molecular weight excluding hydrogens is 404 g/mol. The van der Waals surface area contributed by atoms with E-state index < -0.39 is 0 Å². The SMILES string of the molecule is COc1ccc(N(Cc2ccc(N(C)C)cc2)C(=O)c2nc3nc(C)cc(C)n3n2)cc1. The third-order valence-electron chi connectivity index (χ3n) is 5.23. The van der Waals surface area contributed by atoms with Gasteiger partial charge >= 0.3 is 0 Å². The van der Waals surface area contributed by atoms with Gasteiger partial charge in [-0.05, 0) is 61.9 Å². The third-order valence-corrected chi connectivity index (χ3v) is 5.23. The molecule has 0 bridgehead atoms. The Hall–Kier alpha value is -3.94. The quantitative estimate of drug-likeness (QED) is 0.465. The van der Waals surface area contributed by atoms with Crippen LogP contribution in [-0.2, 0) is 6.54 Å². The van der Waals surface area contributed by atoms with E-state index in [2.05, 4.69) is 15.1 Å². The minimum atomic E-state index is -0.297. The number of carbonyl (C=O) groups excluding carboxylic acids is 1. The van der Waals surface area contributed by atoms with Crippen LogP contribution in [0.4, 0.5) is 11.4 Å². The van der Waals surface area contributed by atoms with Crippen molar-refractivity contribution in [1.29, 1.82) is 0 Å². The molecule has 0 aliphatic carbocycles. The molecule has 0 aliphatic heterocycles. The second-order valence-corrected chi connectivity index (χ2v) is 7.84. The molecule has 0 radical (unpaired) electrons. The number of hydrogen-bond donors (Lipinski definition) is 0. The predicted octanol–water partition coefficient (Wildman–Crippen LogP) is 3.66. The van der Waals surface area contributed by atoms with E-state index in [1.165, 1.54) is 0 Å². The maximum atomic E-state index is 13.6. The van der Waals surface area contributed by atoms with Crippen LogP contribution >= 0.6 is 0 Å². The van der Waals surface area contributed by atoms with Crippen LogP contribution in [0, 0.1) is 13.8 Å². The first-order chi connectivity index (χ1) is 15.4. The Kier molecular flexibility index (Phi) is 5.77. The summed E-state index contributed by atoms with van der Waals surface area (Å²) >= 11 is 0. The number of amides is 1. The number of carbonyl (C=O) groups is 1. The smallest absolute Gasteiger partial charge is 0.298 e. The van der Waals surface area contributed by atoms with Crippen LogP contribution in [0.5, 0.6) is 5.75 Å². The summed E-state index contributed by atoms with van der Waals surface area (Å²) in [6.07, 6.45) is 0. The van der Waals surface area contributed by atoms with Gasteiger partial charge in [0, 0.05) is 36.9 Å². The van der Waals surface area contributed by atoms with Gasteiger partial charge in [0.25, 0.3) is 11.7 Å². The van der Waals surface area contributed by atoms with Crippen molar-refractivity contribution >= 4 is 23.1 Å². The van der Waals surface area contributed by atoms with Crippen molar-refractivity contribution in [2.45, 2.75) is 20.4 Å². The number of aromatic nitrogens is 4. The van der Waals surface area contributed by atoms with Gasteiger partial charge in [-0.15, -0.1) is 5.10 Å². The van der Waals surface area contributed by atoms with Crippen molar-refractivity contribution in [1.82, 2.24) is 19.6 Å². The number of benzene rings is 2. The summed E-state index contributed by atoms with van der Waals surface area (Å²) in [4.78, 5) is 26.1. The van der Waals surface area contributed by atoms with Crippen LogP contribution in [0.25, 0.3) is 5.78 Å². The molecule has 0 fully saturated rings. The zero-order chi connectivity index (χ0) is 22.8. The minimum absolute atomic E-state index is 0.104. The van der Waals surface area contributed by atoms with E-state index in [-0.39, 0.29) is 11.7 Å². The molecule has 2 aromatic heterocycles. The van der Waals surface area contributed by atoms with Crippen LogP contribution in [-0.4, -0.2) is 46.7 Å². The zero-order valence-corrected chi connectivity index (χ0v) is 18.9. The first-order valence-electron chi connectivity index (χ1n) is 10.3. The average Bonchev–Trinajstić information content (AvgIpc) is 3.22. The van der Waals surface area contributed by atoms with E-state index in [4.69, 9.17) is 4.74 Å². The van der Waals surface area contributed by atoms with Crippen molar-refractivity contribution in [2.75, 3.05) is 31.0 Å². The van der Waals surface area contributed by atoms with E-state index in [0.717, 1.165) is 34.1 Å². The molecule has 8 heteroatoms. The molecule has 0 saturated carbocycles. The van der Waals surface area contributed by atoms with Gasteiger partial charge in [0.2, 0.25) is 5.82 Å². The van der Waals surface area contributed by atoms with Crippen LogP contribution in [0.3, 0.4) is 0 Å². The van der Waals surface area contributed by atoms with Gasteiger partial charge in [-0.2, -0.15) is 4.98 Å². The van der Waals surface area contributed by atoms with Crippen LogP contribution in [0.2, 0.25) is 0 Å². The summed E-state index contributed by atoms with van der Waals surface area (Å²) in [6.45, 7) is 4.18. The number of hydrogen-bond acceptors (Lipinski definition) is 6. The Morgan fingerprint density at radius 3 is 2.25 bits per heavy atom. The highest BCUT2D eigenvalue weighted by Crippen LogP contribution is 2.24. The lowest BCUT2D eigenvalue weighted by atomic mass is 10.1. The lowest BCUT2D eigenvalue weighted by Gasteiger charge is -2.22. The van der Waals surface area contributed by atoms with Crippen molar-refractivity contribution in [3.63, 3.8) is 0 Å². The van der Waals surface area contributed by atoms with Crippen molar-refractivity contribution in [2.24, 2.45) is 0 Å². The monoisotopic (exact) mass is 430 g/mol. The molecule has 32 heavy (non-hydrogen) atoms. The highest BCUT2D eigenvalue weighted by atomic mass is 16.5. The van der Waals surface area contributed by atoms with Gasteiger partial charge in [-0.25, -0.2) is 9.50 Å². The number of ether oxygens (including phenoxy) is 1. The van der Waals surface area contributed by atoms with Gasteiger partial charge in [0.1, 0.15) is 5.75 Å². The molecule has 8 nitrogen and oxygen atoms in total. The zero-order valence-electron chi connectivity index (χ0n) is 18.9. The number of fused-ring (bicyclic) bond motifs is 1. The standard InChI is InChI=1S/C24H26N6O2/c1-16-14-17(2)30-24(25-16)26-22(27-30)23(31)29(20-10-12-21(32-5)13-11-20)15-18-6-8-19(9-7-18)28(3)4/h6-14H,15H2,1-5H3. The van der Waals surface area contributed by atoms with Crippen molar-refractivity contribution in [3.05, 3.63) is 77.4 Å². The topological polar surface area (TPSA) is 75.9 Å². The number of nitrogens with zero attached hydrogens (tertiary/aromatic N) is 6. The van der Waals surface area contributed by atoms with Crippen molar-refractivity contribution in [3.8, 4) is 5.75 Å². The predicted molar refractivity (Wildman–Crippen MR) is 125 cm³/mol. The molecule has 0 aliphatic rings. The molecule has 1 amide bonds. The van der Waals surface area contributed by atoms with Gasteiger partial charge in [-0.1, -0.05) is 12.1 Å². The first kappa shape index (κ1) is 21.3. The van der Waals surface area contributed by atoms with Gasteiger partial charge in [0.05, 0.1) is 13.7 Å². The van der Waals surface area contributed by atoms with Crippen LogP contribution in [0.15, 0.2) is 54.6 Å². The Balaban J connectivity index is 1.72. The molecule has 2 aromatic carbocycles. The molecule has 2 heterocycles. The summed E-state index contributed by atoms with van der Waals surface area (Å²) in [5, 5.41) is 4.43. The molecular formula is C24H26N6O2. The fourth-order valence-corrected chi connectivity index (χ4v) is 3.50. The number of aryl methyl sites for hydroxylation is 2. The van der Waals surface area contributed by atoms with Crippen LogP contribution < -0.4 is 14.5 Å². The van der Waals surface area contributed by atoms with Crippen molar-refractivity contribution < 1.29 is 9.53 Å². The molecule has 0 N–H and O–H groups in total. The summed E-state index contributed by atoms with van der Waals surface area (Å²) in [5.74, 6) is 0.940. The third kappa shape index (κ3) is 4.25.